The van der Waals surface area contributed by atoms with Crippen LogP contribution < -0.4 is 10.6 Å². The van der Waals surface area contributed by atoms with Crippen LogP contribution in [0.15, 0.2) is 0 Å². The third-order valence-electron chi connectivity index (χ3n) is 5.16. The van der Waals surface area contributed by atoms with Crippen molar-refractivity contribution in [2.24, 2.45) is 17.8 Å². The summed E-state index contributed by atoms with van der Waals surface area (Å²) in [4.78, 5) is 12.2. The van der Waals surface area contributed by atoms with E-state index in [1.807, 2.05) is 6.92 Å². The number of aryl methyl sites for hydroxylation is 1. The largest absolute Gasteiger partial charge is 0.332 e. The van der Waals surface area contributed by atoms with Crippen molar-refractivity contribution in [3.05, 3.63) is 5.01 Å². The van der Waals surface area contributed by atoms with Crippen molar-refractivity contribution in [1.82, 2.24) is 15.5 Å². The van der Waals surface area contributed by atoms with Crippen molar-refractivity contribution < 1.29 is 4.79 Å². The van der Waals surface area contributed by atoms with Gasteiger partial charge in [-0.2, -0.15) is 0 Å². The predicted molar refractivity (Wildman–Crippen MR) is 77.7 cm³/mol. The minimum Gasteiger partial charge on any atom is -0.332 e. The summed E-state index contributed by atoms with van der Waals surface area (Å²) in [6.45, 7) is 1.89. The van der Waals surface area contributed by atoms with Crippen LogP contribution >= 0.6 is 11.3 Å². The summed E-state index contributed by atoms with van der Waals surface area (Å²) < 4.78 is 0. The molecule has 2 N–H and O–H groups in total. The van der Waals surface area contributed by atoms with Crippen molar-refractivity contribution in [2.75, 3.05) is 5.32 Å². The zero-order valence-electron chi connectivity index (χ0n) is 11.7. The number of carbonyl (C=O) groups excluding carboxylic acids is 1. The molecule has 4 aliphatic carbocycles. The van der Waals surface area contributed by atoms with Crippen LogP contribution in [-0.4, -0.2) is 21.8 Å². The first-order chi connectivity index (χ1) is 9.60. The van der Waals surface area contributed by atoms with Gasteiger partial charge in [-0.15, -0.1) is 10.2 Å². The molecule has 0 unspecified atom stereocenters. The fourth-order valence-electron chi connectivity index (χ4n) is 4.98. The molecule has 1 aromatic rings. The topological polar surface area (TPSA) is 66.9 Å². The lowest BCUT2D eigenvalue weighted by molar-refractivity contribution is -0.0127. The molecule has 4 bridgehead atoms. The average Bonchev–Trinajstić information content (AvgIpc) is 2.71. The molecule has 4 aliphatic rings. The van der Waals surface area contributed by atoms with Gasteiger partial charge in [-0.05, 0) is 63.2 Å². The number of amides is 2. The molecule has 5 rings (SSSR count). The van der Waals surface area contributed by atoms with Crippen LogP contribution in [0.3, 0.4) is 0 Å². The Kier molecular flexibility index (Phi) is 2.77. The molecule has 1 aromatic heterocycles. The average molecular weight is 292 g/mol. The highest BCUT2D eigenvalue weighted by Crippen LogP contribution is 2.55. The lowest BCUT2D eigenvalue weighted by atomic mass is 9.53. The number of rotatable bonds is 2. The van der Waals surface area contributed by atoms with E-state index in [1.165, 1.54) is 49.9 Å². The molecular weight excluding hydrogens is 272 g/mol. The maximum Gasteiger partial charge on any atom is 0.321 e. The van der Waals surface area contributed by atoms with E-state index in [2.05, 4.69) is 20.8 Å². The number of hydrogen-bond acceptors (Lipinski definition) is 4. The first-order valence-corrected chi connectivity index (χ1v) is 8.31. The zero-order valence-corrected chi connectivity index (χ0v) is 12.5. The Morgan fingerprint density at radius 2 is 1.75 bits per heavy atom. The van der Waals surface area contributed by atoms with Gasteiger partial charge in [-0.25, -0.2) is 4.79 Å². The number of aromatic nitrogens is 2. The summed E-state index contributed by atoms with van der Waals surface area (Å²) in [5.41, 5.74) is 0.0541. The van der Waals surface area contributed by atoms with Crippen LogP contribution in [0.1, 0.15) is 43.5 Å². The molecule has 1 heterocycles. The Labute approximate surface area is 122 Å². The molecule has 0 aromatic carbocycles. The molecule has 0 spiro atoms. The maximum atomic E-state index is 12.2. The zero-order chi connectivity index (χ0) is 13.7. The van der Waals surface area contributed by atoms with Crippen molar-refractivity contribution in [3.63, 3.8) is 0 Å². The van der Waals surface area contributed by atoms with Crippen LogP contribution in [0.5, 0.6) is 0 Å². The second kappa shape index (κ2) is 4.41. The van der Waals surface area contributed by atoms with E-state index in [1.54, 1.807) is 0 Å². The molecule has 2 amide bonds. The molecule has 0 atom stereocenters. The van der Waals surface area contributed by atoms with Crippen LogP contribution in [0, 0.1) is 24.7 Å². The van der Waals surface area contributed by atoms with Crippen molar-refractivity contribution in [3.8, 4) is 0 Å². The summed E-state index contributed by atoms with van der Waals surface area (Å²) in [6.07, 6.45) is 7.67. The summed E-state index contributed by atoms with van der Waals surface area (Å²) in [7, 11) is 0. The van der Waals surface area contributed by atoms with Gasteiger partial charge >= 0.3 is 6.03 Å². The fourth-order valence-corrected chi connectivity index (χ4v) is 5.57. The highest BCUT2D eigenvalue weighted by Gasteiger charge is 2.51. The molecule has 4 saturated carbocycles. The minimum atomic E-state index is -0.108. The second-order valence-corrected chi connectivity index (χ2v) is 8.08. The highest BCUT2D eigenvalue weighted by atomic mass is 32.1. The van der Waals surface area contributed by atoms with E-state index in [-0.39, 0.29) is 11.6 Å². The third-order valence-corrected chi connectivity index (χ3v) is 5.92. The van der Waals surface area contributed by atoms with Crippen LogP contribution in [-0.2, 0) is 0 Å². The number of hydrogen-bond donors (Lipinski definition) is 2. The van der Waals surface area contributed by atoms with E-state index in [9.17, 15) is 4.79 Å². The van der Waals surface area contributed by atoms with E-state index in [0.717, 1.165) is 22.8 Å². The van der Waals surface area contributed by atoms with Gasteiger partial charge in [0.05, 0.1) is 0 Å². The van der Waals surface area contributed by atoms with Gasteiger partial charge in [-0.1, -0.05) is 11.3 Å². The summed E-state index contributed by atoms with van der Waals surface area (Å²) in [5, 5.41) is 15.4. The van der Waals surface area contributed by atoms with Gasteiger partial charge in [0, 0.05) is 5.54 Å². The van der Waals surface area contributed by atoms with Crippen LogP contribution in [0.2, 0.25) is 0 Å². The van der Waals surface area contributed by atoms with Crippen LogP contribution in [0.25, 0.3) is 0 Å². The third kappa shape index (κ3) is 2.20. The van der Waals surface area contributed by atoms with Gasteiger partial charge in [0.25, 0.3) is 0 Å². The first-order valence-electron chi connectivity index (χ1n) is 7.49. The normalized spacial score (nSPS) is 38.0. The number of urea groups is 1. The molecule has 108 valence electrons. The van der Waals surface area contributed by atoms with Crippen molar-refractivity contribution in [1.29, 1.82) is 0 Å². The summed E-state index contributed by atoms with van der Waals surface area (Å²) in [6, 6.07) is -0.108. The maximum absolute atomic E-state index is 12.2. The Morgan fingerprint density at radius 3 is 2.25 bits per heavy atom. The molecule has 5 nitrogen and oxygen atoms in total. The molecule has 0 saturated heterocycles. The first kappa shape index (κ1) is 12.6. The van der Waals surface area contributed by atoms with E-state index in [4.69, 9.17) is 0 Å². The van der Waals surface area contributed by atoms with Crippen LogP contribution in [0.4, 0.5) is 9.93 Å². The Balaban J connectivity index is 1.44. The molecule has 20 heavy (non-hydrogen) atoms. The summed E-state index contributed by atoms with van der Waals surface area (Å²) in [5.74, 6) is 2.51. The Hall–Kier alpha value is -1.17. The fraction of sp³-hybridized carbons (Fsp3) is 0.786. The molecule has 0 radical (unpaired) electrons. The van der Waals surface area contributed by atoms with Gasteiger partial charge in [0.2, 0.25) is 5.13 Å². The van der Waals surface area contributed by atoms with Gasteiger partial charge < -0.3 is 5.32 Å². The van der Waals surface area contributed by atoms with Crippen molar-refractivity contribution in [2.45, 2.75) is 51.0 Å². The summed E-state index contributed by atoms with van der Waals surface area (Å²) >= 11 is 1.41. The number of carbonyl (C=O) groups is 1. The Bertz CT molecular complexity index is 506. The molecule has 4 fully saturated rings. The lowest BCUT2D eigenvalue weighted by Crippen LogP contribution is -2.60. The monoisotopic (exact) mass is 292 g/mol. The van der Waals surface area contributed by atoms with Gasteiger partial charge in [0.15, 0.2) is 0 Å². The van der Waals surface area contributed by atoms with Gasteiger partial charge in [0.1, 0.15) is 5.01 Å². The number of anilines is 1. The van der Waals surface area contributed by atoms with Crippen molar-refractivity contribution >= 4 is 22.5 Å². The van der Waals surface area contributed by atoms with Gasteiger partial charge in [-0.3, -0.25) is 5.32 Å². The number of nitrogens with zero attached hydrogens (tertiary/aromatic N) is 2. The van der Waals surface area contributed by atoms with E-state index >= 15 is 0 Å². The quantitative estimate of drug-likeness (QED) is 0.880. The molecule has 6 heteroatoms. The smallest absolute Gasteiger partial charge is 0.321 e. The highest BCUT2D eigenvalue weighted by molar-refractivity contribution is 7.15. The predicted octanol–water partition coefficient (Wildman–Crippen LogP) is 2.94. The minimum absolute atomic E-state index is 0.0541. The van der Waals surface area contributed by atoms with E-state index < -0.39 is 0 Å². The lowest BCUT2D eigenvalue weighted by Gasteiger charge is -2.56. The number of nitrogens with one attached hydrogen (secondary N) is 2. The molecular formula is C14H20N4OS. The standard InChI is InChI=1S/C14H20N4OS/c1-8-17-18-13(20-8)15-12(19)16-14-5-9-2-10(6-14)4-11(3-9)7-14/h9-11H,2-7H2,1H3,(H2,15,16,18,19). The Morgan fingerprint density at radius 1 is 1.15 bits per heavy atom. The van der Waals surface area contributed by atoms with E-state index in [0.29, 0.717) is 5.13 Å². The molecule has 0 aliphatic heterocycles. The SMILES string of the molecule is Cc1nnc(NC(=O)NC23CC4CC(CC(C4)C2)C3)s1. The second-order valence-electron chi connectivity index (χ2n) is 6.90.